The molecule has 1 aliphatic carbocycles. The molecule has 1 rings (SSSR count). The van der Waals surface area contributed by atoms with Crippen molar-refractivity contribution >= 4 is 18.4 Å². The van der Waals surface area contributed by atoms with Gasteiger partial charge in [-0.25, -0.2) is 0 Å². The van der Waals surface area contributed by atoms with E-state index in [-0.39, 0.29) is 5.92 Å². The first kappa shape index (κ1) is 19.8. The van der Waals surface area contributed by atoms with Gasteiger partial charge in [-0.05, 0) is 63.0 Å². The SMILES string of the molecule is CCC1CCC(/C(C)=C\C(C)CCCC(C)CCCS)C1=O. The van der Waals surface area contributed by atoms with E-state index in [1.54, 1.807) is 0 Å². The maximum absolute atomic E-state index is 12.3. The lowest BCUT2D eigenvalue weighted by atomic mass is 9.90. The van der Waals surface area contributed by atoms with Crippen LogP contribution in [0.25, 0.3) is 0 Å². The average Bonchev–Trinajstić information content (AvgIpc) is 2.86. The Morgan fingerprint density at radius 2 is 1.91 bits per heavy atom. The van der Waals surface area contributed by atoms with E-state index in [0.717, 1.165) is 30.9 Å². The van der Waals surface area contributed by atoms with Crippen LogP contribution < -0.4 is 0 Å². The maximum Gasteiger partial charge on any atom is 0.143 e. The van der Waals surface area contributed by atoms with Gasteiger partial charge in [0.1, 0.15) is 5.78 Å². The number of hydrogen-bond donors (Lipinski definition) is 1. The molecule has 0 aromatic heterocycles. The smallest absolute Gasteiger partial charge is 0.143 e. The third kappa shape index (κ3) is 6.48. The Kier molecular flexibility index (Phi) is 9.47. The minimum absolute atomic E-state index is 0.224. The monoisotopic (exact) mass is 324 g/mol. The molecule has 128 valence electrons. The van der Waals surface area contributed by atoms with Crippen molar-refractivity contribution in [2.75, 3.05) is 5.75 Å². The lowest BCUT2D eigenvalue weighted by Gasteiger charge is -2.15. The highest BCUT2D eigenvalue weighted by Gasteiger charge is 2.33. The van der Waals surface area contributed by atoms with Crippen LogP contribution >= 0.6 is 12.6 Å². The fourth-order valence-electron chi connectivity index (χ4n) is 3.81. The maximum atomic E-state index is 12.3. The van der Waals surface area contributed by atoms with Crippen molar-refractivity contribution in [3.8, 4) is 0 Å². The Balaban J connectivity index is 2.33. The molecule has 0 heterocycles. The summed E-state index contributed by atoms with van der Waals surface area (Å²) in [6.45, 7) is 8.98. The number of allylic oxidation sites excluding steroid dienone is 2. The van der Waals surface area contributed by atoms with Gasteiger partial charge in [0.2, 0.25) is 0 Å². The number of ketones is 1. The second-order valence-electron chi connectivity index (χ2n) is 7.43. The van der Waals surface area contributed by atoms with Crippen LogP contribution in [0, 0.1) is 23.7 Å². The molecule has 1 nitrogen and oxygen atoms in total. The Labute approximate surface area is 143 Å². The standard InChI is InChI=1S/C20H36OS/c1-5-18-11-12-19(20(18)21)17(4)14-16(3)9-6-8-15(2)10-7-13-22/h14-16,18-19,22H,5-13H2,1-4H3/b17-14-. The molecule has 0 N–H and O–H groups in total. The summed E-state index contributed by atoms with van der Waals surface area (Å²) >= 11 is 4.28. The van der Waals surface area contributed by atoms with Crippen molar-refractivity contribution in [1.29, 1.82) is 0 Å². The van der Waals surface area contributed by atoms with Crippen molar-refractivity contribution < 1.29 is 4.79 Å². The zero-order valence-electron chi connectivity index (χ0n) is 15.1. The molecule has 0 amide bonds. The van der Waals surface area contributed by atoms with Gasteiger partial charge in [-0.3, -0.25) is 4.79 Å². The quantitative estimate of drug-likeness (QED) is 0.380. The van der Waals surface area contributed by atoms with E-state index < -0.39 is 0 Å². The number of carbonyl (C=O) groups excluding carboxylic acids is 1. The van der Waals surface area contributed by atoms with Crippen molar-refractivity contribution in [2.45, 2.75) is 79.1 Å². The highest BCUT2D eigenvalue weighted by molar-refractivity contribution is 7.80. The summed E-state index contributed by atoms with van der Waals surface area (Å²) in [5.41, 5.74) is 1.33. The Morgan fingerprint density at radius 1 is 1.23 bits per heavy atom. The molecule has 0 saturated heterocycles. The van der Waals surface area contributed by atoms with E-state index in [4.69, 9.17) is 0 Å². The number of rotatable bonds is 10. The fraction of sp³-hybridized carbons (Fsp3) is 0.850. The molecule has 1 saturated carbocycles. The van der Waals surface area contributed by atoms with E-state index in [0.29, 0.717) is 17.6 Å². The lowest BCUT2D eigenvalue weighted by Crippen LogP contribution is -2.15. The van der Waals surface area contributed by atoms with Crippen molar-refractivity contribution in [3.05, 3.63) is 11.6 Å². The average molecular weight is 325 g/mol. The van der Waals surface area contributed by atoms with Crippen LogP contribution in [0.15, 0.2) is 11.6 Å². The number of Topliss-reactive ketones (excluding diaryl/α,β-unsaturated/α-hetero) is 1. The van der Waals surface area contributed by atoms with Crippen LogP contribution in [0.1, 0.15) is 79.1 Å². The first-order chi connectivity index (χ1) is 10.5. The molecule has 2 heteroatoms. The Morgan fingerprint density at radius 3 is 2.50 bits per heavy atom. The molecule has 0 aromatic carbocycles. The third-order valence-corrected chi connectivity index (χ3v) is 5.67. The first-order valence-corrected chi connectivity index (χ1v) is 9.95. The molecular formula is C20H36OS. The van der Waals surface area contributed by atoms with E-state index in [1.807, 2.05) is 0 Å². The molecule has 4 unspecified atom stereocenters. The van der Waals surface area contributed by atoms with Gasteiger partial charge < -0.3 is 0 Å². The predicted molar refractivity (Wildman–Crippen MR) is 101 cm³/mol. The van der Waals surface area contributed by atoms with E-state index in [1.165, 1.54) is 37.7 Å². The van der Waals surface area contributed by atoms with Crippen LogP contribution in [-0.2, 0) is 4.79 Å². The molecule has 0 aromatic rings. The summed E-state index contributed by atoms with van der Waals surface area (Å²) in [5, 5.41) is 0. The number of carbonyl (C=O) groups is 1. The van der Waals surface area contributed by atoms with Crippen LogP contribution in [0.2, 0.25) is 0 Å². The topological polar surface area (TPSA) is 17.1 Å². The Hall–Kier alpha value is -0.240. The molecule has 0 radical (unpaired) electrons. The van der Waals surface area contributed by atoms with Crippen molar-refractivity contribution in [3.63, 3.8) is 0 Å². The van der Waals surface area contributed by atoms with E-state index in [9.17, 15) is 4.79 Å². The highest BCUT2D eigenvalue weighted by atomic mass is 32.1. The van der Waals surface area contributed by atoms with Gasteiger partial charge in [0.05, 0.1) is 0 Å². The van der Waals surface area contributed by atoms with Gasteiger partial charge in [-0.2, -0.15) is 12.6 Å². The first-order valence-electron chi connectivity index (χ1n) is 9.32. The van der Waals surface area contributed by atoms with E-state index >= 15 is 0 Å². The normalized spacial score (nSPS) is 25.5. The van der Waals surface area contributed by atoms with Crippen LogP contribution in [0.4, 0.5) is 0 Å². The minimum Gasteiger partial charge on any atom is -0.299 e. The molecular weight excluding hydrogens is 288 g/mol. The summed E-state index contributed by atoms with van der Waals surface area (Å²) in [4.78, 5) is 12.3. The van der Waals surface area contributed by atoms with Gasteiger partial charge >= 0.3 is 0 Å². The molecule has 22 heavy (non-hydrogen) atoms. The molecule has 0 spiro atoms. The summed E-state index contributed by atoms with van der Waals surface area (Å²) in [7, 11) is 0. The molecule has 4 atom stereocenters. The third-order valence-electron chi connectivity index (χ3n) is 5.35. The largest absolute Gasteiger partial charge is 0.299 e. The van der Waals surface area contributed by atoms with Crippen molar-refractivity contribution in [1.82, 2.24) is 0 Å². The summed E-state index contributed by atoms with van der Waals surface area (Å²) in [5.74, 6) is 3.50. The van der Waals surface area contributed by atoms with Crippen LogP contribution in [-0.4, -0.2) is 11.5 Å². The van der Waals surface area contributed by atoms with Crippen LogP contribution in [0.3, 0.4) is 0 Å². The van der Waals surface area contributed by atoms with Gasteiger partial charge in [0.15, 0.2) is 0 Å². The zero-order valence-corrected chi connectivity index (χ0v) is 16.0. The van der Waals surface area contributed by atoms with Crippen molar-refractivity contribution in [2.24, 2.45) is 23.7 Å². The predicted octanol–water partition coefficient (Wildman–Crippen LogP) is 6.09. The second kappa shape index (κ2) is 10.5. The minimum atomic E-state index is 0.224. The van der Waals surface area contributed by atoms with E-state index in [2.05, 4.69) is 46.4 Å². The van der Waals surface area contributed by atoms with Gasteiger partial charge in [0, 0.05) is 11.8 Å². The molecule has 1 aliphatic rings. The summed E-state index contributed by atoms with van der Waals surface area (Å²) in [6.07, 6.45) is 12.0. The number of thiol groups is 1. The van der Waals surface area contributed by atoms with Gasteiger partial charge in [0.25, 0.3) is 0 Å². The lowest BCUT2D eigenvalue weighted by molar-refractivity contribution is -0.123. The molecule has 1 fully saturated rings. The van der Waals surface area contributed by atoms with Gasteiger partial charge in [-0.1, -0.05) is 45.3 Å². The fourth-order valence-corrected chi connectivity index (χ4v) is 4.00. The molecule has 0 bridgehead atoms. The molecule has 0 aliphatic heterocycles. The number of hydrogen-bond acceptors (Lipinski definition) is 2. The summed E-state index contributed by atoms with van der Waals surface area (Å²) in [6, 6.07) is 0. The van der Waals surface area contributed by atoms with Crippen LogP contribution in [0.5, 0.6) is 0 Å². The second-order valence-corrected chi connectivity index (χ2v) is 7.87. The highest BCUT2D eigenvalue weighted by Crippen LogP contribution is 2.34. The zero-order chi connectivity index (χ0) is 16.5. The van der Waals surface area contributed by atoms with Gasteiger partial charge in [-0.15, -0.1) is 0 Å². The summed E-state index contributed by atoms with van der Waals surface area (Å²) < 4.78 is 0. The Bertz CT molecular complexity index is 361.